The number of hydrogen-bond donors (Lipinski definition) is 19. The third kappa shape index (κ3) is 32.3. The summed E-state index contributed by atoms with van der Waals surface area (Å²) in [6.45, 7) is 4.94. The average molecular weight is 1550 g/mol. The summed E-state index contributed by atoms with van der Waals surface area (Å²) in [6, 6.07) is 3.20. The molecule has 6 rings (SSSR count). The highest BCUT2D eigenvalue weighted by atomic mass is 16.4. The predicted molar refractivity (Wildman–Crippen MR) is 403 cm³/mol. The molecule has 8 atom stereocenters. The highest BCUT2D eigenvalue weighted by molar-refractivity contribution is 6.00. The molecular formula is C72H105N21O18. The third-order valence-electron chi connectivity index (χ3n) is 18.4. The second-order valence-electron chi connectivity index (χ2n) is 27.3. The first-order valence-electron chi connectivity index (χ1n) is 36.8. The number of nitrogens with one attached hydrogen (secondary N) is 12. The van der Waals surface area contributed by atoms with Gasteiger partial charge < -0.3 is 101 Å². The van der Waals surface area contributed by atoms with Gasteiger partial charge in [0.1, 0.15) is 48.3 Å². The second-order valence-corrected chi connectivity index (χ2v) is 27.3. The van der Waals surface area contributed by atoms with Crippen molar-refractivity contribution < 1.29 is 87.5 Å². The van der Waals surface area contributed by atoms with Crippen molar-refractivity contribution in [2.75, 3.05) is 98.2 Å². The Morgan fingerprint density at radius 1 is 0.613 bits per heavy atom. The molecule has 606 valence electrons. The number of carboxylic acids is 3. The minimum absolute atomic E-state index is 0.00459. The fourth-order valence-corrected chi connectivity index (χ4v) is 12.5. The summed E-state index contributed by atoms with van der Waals surface area (Å²) in [6.07, 6.45) is 2.34. The molecule has 111 heavy (non-hydrogen) atoms. The Morgan fingerprint density at radius 2 is 1.18 bits per heavy atom. The molecule has 0 unspecified atom stereocenters. The van der Waals surface area contributed by atoms with Crippen LogP contribution in [0.5, 0.6) is 0 Å². The lowest BCUT2D eigenvalue weighted by molar-refractivity contribution is -0.139. The van der Waals surface area contributed by atoms with Crippen LogP contribution >= 0.6 is 0 Å². The standard InChI is InChI=1S/C72H105N21O18/c1-3-4-16-51(84-67(107)53(20-21-61(98)99)82-59(96)38-80-60(97)40-91-26-30-92(41-62(100)101)28-24-90(39-44(2)94)25-29-93(31-27-91)42-63(102)103)65(105)89-57-35-58(95)77-22-11-10-18-50(64(73)104)83-69(109)55(33-46-36-79-49-17-9-8-15-48(46)49)87-66(106)52(19-12-23-78-72(74)75)85-68(108)54(32-45-13-6-5-7-14-45)86-70(110)56(88-71(57)111)34-47-37-76-43-81-47/h5-9,13-15,17,36-37,43,50-57,79,94H,2-4,10-12,16,18-35,38-42H2,1H3,(H2,73,104)(H,76,81)(H,77,95)(H,80,97)(H,82,96)(H,83,109)(H,84,107)(H,85,108)(H,86,110)(H,87,106)(H,88,111)(H,89,105)(H,98,99)(H,100,101)(H,102,103)(H4,74,75,78)/t50-,51-,52-,53-,54+,55-,56-,57-/m0/s1. The molecule has 0 aliphatic carbocycles. The molecule has 2 saturated heterocycles. The van der Waals surface area contributed by atoms with Gasteiger partial charge in [-0.05, 0) is 62.1 Å². The number of benzene rings is 2. The number of unbranched alkanes of at least 4 members (excludes halogenated alkanes) is 1. The monoisotopic (exact) mass is 1550 g/mol. The van der Waals surface area contributed by atoms with Crippen molar-refractivity contribution in [1.29, 1.82) is 0 Å². The lowest BCUT2D eigenvalue weighted by Gasteiger charge is -2.33. The van der Waals surface area contributed by atoms with Gasteiger partial charge in [0, 0.05) is 120 Å². The zero-order valence-corrected chi connectivity index (χ0v) is 62.2. The van der Waals surface area contributed by atoms with Crippen molar-refractivity contribution in [2.45, 2.75) is 145 Å². The maximum atomic E-state index is 15.0. The zero-order chi connectivity index (χ0) is 80.9. The van der Waals surface area contributed by atoms with Crippen molar-refractivity contribution in [2.24, 2.45) is 22.2 Å². The van der Waals surface area contributed by atoms with Crippen LogP contribution in [0.15, 0.2) is 90.6 Å². The van der Waals surface area contributed by atoms with Gasteiger partial charge in [0.05, 0.1) is 51.2 Å². The van der Waals surface area contributed by atoms with E-state index in [1.807, 2.05) is 17.0 Å². The van der Waals surface area contributed by atoms with Crippen molar-refractivity contribution >= 4 is 99.7 Å². The Hall–Kier alpha value is -11.6. The van der Waals surface area contributed by atoms with E-state index in [-0.39, 0.29) is 173 Å². The number of nitrogens with two attached hydrogens (primary N) is 3. The van der Waals surface area contributed by atoms with Gasteiger partial charge in [-0.25, -0.2) is 4.98 Å². The van der Waals surface area contributed by atoms with Crippen LogP contribution in [0.1, 0.15) is 94.4 Å². The highest BCUT2D eigenvalue weighted by Gasteiger charge is 2.37. The molecule has 2 aliphatic rings. The lowest BCUT2D eigenvalue weighted by Crippen LogP contribution is -2.61. The molecule has 22 N–H and O–H groups in total. The number of imidazole rings is 1. The molecule has 11 amide bonds. The molecule has 0 saturated carbocycles. The number of rotatable bonds is 32. The molecule has 0 radical (unpaired) electrons. The molecule has 2 fully saturated rings. The largest absolute Gasteiger partial charge is 0.512 e. The first-order valence-corrected chi connectivity index (χ1v) is 36.8. The van der Waals surface area contributed by atoms with E-state index in [4.69, 9.17) is 17.2 Å². The number of hydrogen-bond acceptors (Lipinski definition) is 21. The van der Waals surface area contributed by atoms with Crippen LogP contribution in [0.3, 0.4) is 0 Å². The van der Waals surface area contributed by atoms with Crippen molar-refractivity contribution in [3.05, 3.63) is 102 Å². The number of fused-ring (bicyclic) bond motifs is 1. The number of aromatic nitrogens is 3. The summed E-state index contributed by atoms with van der Waals surface area (Å²) >= 11 is 0. The number of aliphatic hydroxyl groups is 1. The van der Waals surface area contributed by atoms with E-state index >= 15 is 9.59 Å². The molecule has 39 heteroatoms. The van der Waals surface area contributed by atoms with Crippen LogP contribution in [-0.4, -0.2) is 290 Å². The Balaban J connectivity index is 1.27. The van der Waals surface area contributed by atoms with E-state index < -0.39 is 157 Å². The predicted octanol–water partition coefficient (Wildman–Crippen LogP) is -4.34. The average Bonchev–Trinajstić information content (AvgIpc) is 1.75. The van der Waals surface area contributed by atoms with Gasteiger partial charge in [0.2, 0.25) is 65.0 Å². The van der Waals surface area contributed by atoms with Crippen LogP contribution < -0.4 is 70.4 Å². The normalized spacial score (nSPS) is 20.4. The molecule has 2 aliphatic heterocycles. The number of guanidine groups is 1. The molecule has 4 heterocycles. The fraction of sp³-hybridized carbons (Fsp3) is 0.528. The summed E-state index contributed by atoms with van der Waals surface area (Å²) < 4.78 is 0. The van der Waals surface area contributed by atoms with Gasteiger partial charge in [-0.3, -0.25) is 91.7 Å². The van der Waals surface area contributed by atoms with Gasteiger partial charge in [-0.1, -0.05) is 74.9 Å². The Kier molecular flexibility index (Phi) is 36.6. The minimum Gasteiger partial charge on any atom is -0.512 e. The van der Waals surface area contributed by atoms with E-state index in [0.717, 1.165) is 10.9 Å². The number of H-pyrrole nitrogens is 2. The summed E-state index contributed by atoms with van der Waals surface area (Å²) in [5, 5.41) is 66.0. The van der Waals surface area contributed by atoms with Gasteiger partial charge in [0.25, 0.3) is 0 Å². The van der Waals surface area contributed by atoms with Crippen molar-refractivity contribution in [3.8, 4) is 0 Å². The van der Waals surface area contributed by atoms with E-state index in [0.29, 0.717) is 17.5 Å². The highest BCUT2D eigenvalue weighted by Crippen LogP contribution is 2.21. The van der Waals surface area contributed by atoms with Gasteiger partial charge in [0.15, 0.2) is 5.96 Å². The number of aromatic amines is 2. The van der Waals surface area contributed by atoms with E-state index in [1.165, 1.54) is 12.5 Å². The molecule has 0 spiro atoms. The molecular weight excluding hydrogens is 1450 g/mol. The molecule has 4 aromatic rings. The SMILES string of the molecule is C=C(O)CN1CCN(CC(=O)O)CCN(CC(=O)NCC(=O)N[C@@H](CCC(=O)O)C(=O)N[C@@H](CCCC)C(=O)N[C@H]2CC(=O)NCCCC[C@@H](C(N)=O)NC(=O)[C@H](Cc3c[nH]c4ccccc34)NC(=O)[C@H](CCCN=C(N)N)NC(=O)[C@@H](Cc3ccccc3)NC(=O)[C@H](Cc3cnc[nH]3)NC2=O)CCN(CC(=O)O)CC1. The Bertz CT molecular complexity index is 3820. The van der Waals surface area contributed by atoms with E-state index in [2.05, 4.69) is 79.7 Å². The molecule has 39 nitrogen and oxygen atoms in total. The minimum atomic E-state index is -1.87. The number of aliphatic hydroxyl groups excluding tert-OH is 1. The summed E-state index contributed by atoms with van der Waals surface area (Å²) in [5.41, 5.74) is 19.3. The molecule has 2 aromatic carbocycles. The number of para-hydroxylation sites is 1. The number of carboxylic acid groups (broad SMARTS) is 3. The number of primary amides is 1. The molecule has 0 bridgehead atoms. The number of carbonyl (C=O) groups excluding carboxylic acids is 11. The number of aliphatic carboxylic acids is 3. The second kappa shape index (κ2) is 46.1. The number of carbonyl (C=O) groups is 14. The van der Waals surface area contributed by atoms with Gasteiger partial charge in [-0.2, -0.15) is 0 Å². The van der Waals surface area contributed by atoms with Crippen LogP contribution in [0, 0.1) is 0 Å². The van der Waals surface area contributed by atoms with E-state index in [1.54, 1.807) is 70.3 Å². The van der Waals surface area contributed by atoms with Crippen molar-refractivity contribution in [3.63, 3.8) is 0 Å². The number of aliphatic imine (C=N–C) groups is 1. The molecule has 2 aromatic heterocycles. The lowest BCUT2D eigenvalue weighted by atomic mass is 10.0. The van der Waals surface area contributed by atoms with Gasteiger partial charge >= 0.3 is 17.9 Å². The zero-order valence-electron chi connectivity index (χ0n) is 62.2. The van der Waals surface area contributed by atoms with Crippen LogP contribution in [0.25, 0.3) is 10.9 Å². The smallest absolute Gasteiger partial charge is 0.317 e. The maximum absolute atomic E-state index is 15.0. The fourth-order valence-electron chi connectivity index (χ4n) is 12.5. The van der Waals surface area contributed by atoms with Crippen molar-refractivity contribution in [1.82, 2.24) is 87.7 Å². The number of amides is 11. The first-order chi connectivity index (χ1) is 53.0. The summed E-state index contributed by atoms with van der Waals surface area (Å²) in [7, 11) is 0. The Morgan fingerprint density at radius 3 is 1.77 bits per heavy atom. The van der Waals surface area contributed by atoms with Gasteiger partial charge in [-0.15, -0.1) is 0 Å². The van der Waals surface area contributed by atoms with Crippen LogP contribution in [-0.2, 0) is 86.4 Å². The quantitative estimate of drug-likeness (QED) is 0.00951. The maximum Gasteiger partial charge on any atom is 0.317 e. The van der Waals surface area contributed by atoms with E-state index in [9.17, 15) is 78.0 Å². The number of nitrogens with zero attached hydrogens (tertiary/aromatic N) is 6. The first kappa shape index (κ1) is 88.3. The summed E-state index contributed by atoms with van der Waals surface area (Å²) in [4.78, 5) is 215. The third-order valence-corrected chi connectivity index (χ3v) is 18.4. The Labute approximate surface area is 640 Å². The van der Waals surface area contributed by atoms with Crippen LogP contribution in [0.4, 0.5) is 0 Å². The summed E-state index contributed by atoms with van der Waals surface area (Å²) in [5.74, 6) is -14.3. The van der Waals surface area contributed by atoms with Crippen LogP contribution in [0.2, 0.25) is 0 Å². The topological polar surface area (TPSA) is 588 Å².